The van der Waals surface area contributed by atoms with Crippen LogP contribution in [0.25, 0.3) is 0 Å². The van der Waals surface area contributed by atoms with Crippen LogP contribution in [0.3, 0.4) is 0 Å². The lowest BCUT2D eigenvalue weighted by Gasteiger charge is -1.98. The number of rotatable bonds is 0. The van der Waals surface area contributed by atoms with E-state index in [-0.39, 0.29) is 11.2 Å². The van der Waals surface area contributed by atoms with Crippen LogP contribution >= 0.6 is 22.6 Å². The number of nitrogens with zero attached hydrogens (tertiary/aromatic N) is 2. The maximum absolute atomic E-state index is 11.0. The maximum atomic E-state index is 11.0. The molecule has 0 aromatic carbocycles. The summed E-state index contributed by atoms with van der Waals surface area (Å²) in [7, 11) is 1.61. The molecular formula is C5H6IN3O. The van der Waals surface area contributed by atoms with Crippen molar-refractivity contribution in [1.29, 1.82) is 0 Å². The highest BCUT2D eigenvalue weighted by molar-refractivity contribution is 14.1. The third kappa shape index (κ3) is 1.13. The SMILES string of the molecule is Cn1cnc(I)c(N)c1=O. The van der Waals surface area contributed by atoms with Crippen molar-refractivity contribution < 1.29 is 0 Å². The third-order valence-corrected chi connectivity index (χ3v) is 1.98. The van der Waals surface area contributed by atoms with E-state index in [1.807, 2.05) is 22.6 Å². The second-order valence-electron chi connectivity index (χ2n) is 1.87. The van der Waals surface area contributed by atoms with Crippen molar-refractivity contribution in [1.82, 2.24) is 9.55 Å². The van der Waals surface area contributed by atoms with Crippen molar-refractivity contribution in [2.45, 2.75) is 0 Å². The molecule has 1 aromatic heterocycles. The molecule has 0 spiro atoms. The first kappa shape index (κ1) is 7.52. The summed E-state index contributed by atoms with van der Waals surface area (Å²) in [4.78, 5) is 14.8. The van der Waals surface area contributed by atoms with E-state index in [2.05, 4.69) is 4.98 Å². The molecule has 0 aliphatic carbocycles. The maximum Gasteiger partial charge on any atom is 0.277 e. The fourth-order valence-electron chi connectivity index (χ4n) is 0.538. The van der Waals surface area contributed by atoms with Gasteiger partial charge in [-0.25, -0.2) is 4.98 Å². The summed E-state index contributed by atoms with van der Waals surface area (Å²) in [6.45, 7) is 0. The van der Waals surface area contributed by atoms with Gasteiger partial charge in [-0.15, -0.1) is 0 Å². The predicted octanol–water partition coefficient (Wildman–Crippen LogP) is -0.0329. The van der Waals surface area contributed by atoms with Gasteiger partial charge in [0.05, 0.1) is 6.33 Å². The third-order valence-electron chi connectivity index (χ3n) is 1.12. The highest BCUT2D eigenvalue weighted by Gasteiger charge is 2.00. The second-order valence-corrected chi connectivity index (χ2v) is 2.89. The van der Waals surface area contributed by atoms with Crippen LogP contribution in [-0.4, -0.2) is 9.55 Å². The number of nitrogens with two attached hydrogens (primary N) is 1. The van der Waals surface area contributed by atoms with Crippen LogP contribution in [0.4, 0.5) is 5.69 Å². The van der Waals surface area contributed by atoms with Crippen LogP contribution in [0, 0.1) is 3.70 Å². The lowest BCUT2D eigenvalue weighted by Crippen LogP contribution is -2.21. The van der Waals surface area contributed by atoms with Gasteiger partial charge in [-0.2, -0.15) is 0 Å². The minimum absolute atomic E-state index is 0.195. The van der Waals surface area contributed by atoms with Crippen LogP contribution in [0.1, 0.15) is 0 Å². The number of hydrogen-bond donors (Lipinski definition) is 1. The normalized spacial score (nSPS) is 9.80. The van der Waals surface area contributed by atoms with Gasteiger partial charge in [-0.1, -0.05) is 0 Å². The Hall–Kier alpha value is -0.590. The van der Waals surface area contributed by atoms with Gasteiger partial charge in [0.25, 0.3) is 5.56 Å². The highest BCUT2D eigenvalue weighted by Crippen LogP contribution is 2.03. The lowest BCUT2D eigenvalue weighted by molar-refractivity contribution is 0.822. The number of nitrogen functional groups attached to an aromatic ring is 1. The van der Waals surface area contributed by atoms with Crippen molar-refractivity contribution >= 4 is 28.3 Å². The molecule has 2 N–H and O–H groups in total. The minimum atomic E-state index is -0.195. The van der Waals surface area contributed by atoms with Crippen molar-refractivity contribution in [3.63, 3.8) is 0 Å². The fourth-order valence-corrected chi connectivity index (χ4v) is 0.893. The standard InChI is InChI=1S/C5H6IN3O/c1-9-2-8-4(6)3(7)5(9)10/h2H,7H2,1H3. The average Bonchev–Trinajstić information content (AvgIpc) is 1.93. The summed E-state index contributed by atoms with van der Waals surface area (Å²) in [5.74, 6) is 0. The molecule has 10 heavy (non-hydrogen) atoms. The molecule has 0 saturated carbocycles. The first-order valence-corrected chi connectivity index (χ1v) is 3.67. The second kappa shape index (κ2) is 2.57. The van der Waals surface area contributed by atoms with Crippen molar-refractivity contribution in [2.75, 3.05) is 5.73 Å². The highest BCUT2D eigenvalue weighted by atomic mass is 127. The molecule has 54 valence electrons. The van der Waals surface area contributed by atoms with Crippen molar-refractivity contribution in [3.05, 3.63) is 20.4 Å². The van der Waals surface area contributed by atoms with Gasteiger partial charge in [-0.05, 0) is 22.6 Å². The van der Waals surface area contributed by atoms with Crippen LogP contribution < -0.4 is 11.3 Å². The topological polar surface area (TPSA) is 60.9 Å². The van der Waals surface area contributed by atoms with E-state index in [1.165, 1.54) is 10.9 Å². The Balaban J connectivity index is 3.50. The van der Waals surface area contributed by atoms with Gasteiger partial charge >= 0.3 is 0 Å². The molecule has 5 heteroatoms. The summed E-state index contributed by atoms with van der Waals surface area (Å²) < 4.78 is 1.90. The predicted molar refractivity (Wildman–Crippen MR) is 46.6 cm³/mol. The summed E-state index contributed by atoms with van der Waals surface area (Å²) in [5, 5.41) is 0. The van der Waals surface area contributed by atoms with E-state index in [9.17, 15) is 4.79 Å². The molecule has 0 amide bonds. The number of aromatic nitrogens is 2. The van der Waals surface area contributed by atoms with Crippen LogP contribution in [0.15, 0.2) is 11.1 Å². The van der Waals surface area contributed by atoms with Crippen LogP contribution in [0.5, 0.6) is 0 Å². The van der Waals surface area contributed by atoms with E-state index in [1.54, 1.807) is 7.05 Å². The van der Waals surface area contributed by atoms with Gasteiger partial charge in [0, 0.05) is 7.05 Å². The molecule has 4 nitrogen and oxygen atoms in total. The molecule has 1 aromatic rings. The monoisotopic (exact) mass is 251 g/mol. The molecular weight excluding hydrogens is 245 g/mol. The number of halogens is 1. The Morgan fingerprint density at radius 1 is 1.80 bits per heavy atom. The molecule has 0 fully saturated rings. The number of anilines is 1. The molecule has 0 saturated heterocycles. The molecule has 0 radical (unpaired) electrons. The van der Waals surface area contributed by atoms with E-state index >= 15 is 0 Å². The zero-order valence-corrected chi connectivity index (χ0v) is 7.49. The fraction of sp³-hybridized carbons (Fsp3) is 0.200. The largest absolute Gasteiger partial charge is 0.392 e. The summed E-state index contributed by atoms with van der Waals surface area (Å²) in [5.41, 5.74) is 5.40. The Morgan fingerprint density at radius 2 is 2.40 bits per heavy atom. The molecule has 0 aliphatic rings. The van der Waals surface area contributed by atoms with E-state index < -0.39 is 0 Å². The van der Waals surface area contributed by atoms with Crippen molar-refractivity contribution in [3.8, 4) is 0 Å². The van der Waals surface area contributed by atoms with Crippen LogP contribution in [-0.2, 0) is 7.05 Å². The smallest absolute Gasteiger partial charge is 0.277 e. The van der Waals surface area contributed by atoms with E-state index in [0.717, 1.165) is 0 Å². The Kier molecular flexibility index (Phi) is 1.93. The molecule has 0 atom stereocenters. The number of hydrogen-bond acceptors (Lipinski definition) is 3. The molecule has 0 aliphatic heterocycles. The van der Waals surface area contributed by atoms with Crippen molar-refractivity contribution in [2.24, 2.45) is 7.05 Å². The first-order chi connectivity index (χ1) is 4.63. The van der Waals surface area contributed by atoms with Gasteiger partial charge in [-0.3, -0.25) is 4.79 Å². The zero-order chi connectivity index (χ0) is 7.72. The molecule has 0 bridgehead atoms. The molecule has 1 rings (SSSR count). The van der Waals surface area contributed by atoms with Gasteiger partial charge < -0.3 is 10.3 Å². The van der Waals surface area contributed by atoms with Gasteiger partial charge in [0.2, 0.25) is 0 Å². The summed E-state index contributed by atoms with van der Waals surface area (Å²) >= 11 is 1.92. The zero-order valence-electron chi connectivity index (χ0n) is 5.34. The molecule has 1 heterocycles. The Morgan fingerprint density at radius 3 is 2.90 bits per heavy atom. The van der Waals surface area contributed by atoms with Gasteiger partial charge in [0.15, 0.2) is 0 Å². The first-order valence-electron chi connectivity index (χ1n) is 2.59. The minimum Gasteiger partial charge on any atom is -0.392 e. The Bertz CT molecular complexity index is 306. The lowest BCUT2D eigenvalue weighted by atomic mass is 10.5. The summed E-state index contributed by atoms with van der Waals surface area (Å²) in [6.07, 6.45) is 1.44. The van der Waals surface area contributed by atoms with Gasteiger partial charge in [0.1, 0.15) is 9.39 Å². The summed E-state index contributed by atoms with van der Waals surface area (Å²) in [6, 6.07) is 0. The average molecular weight is 251 g/mol. The van der Waals surface area contributed by atoms with Crippen LogP contribution in [0.2, 0.25) is 0 Å². The quantitative estimate of drug-likeness (QED) is 0.520. The Labute approximate surface area is 71.2 Å². The molecule has 0 unspecified atom stereocenters. The van der Waals surface area contributed by atoms with E-state index in [4.69, 9.17) is 5.73 Å². The number of aryl methyl sites for hydroxylation is 1. The van der Waals surface area contributed by atoms with E-state index in [0.29, 0.717) is 3.70 Å².